The van der Waals surface area contributed by atoms with Gasteiger partial charge in [0.05, 0.1) is 0 Å². The Morgan fingerprint density at radius 2 is 1.95 bits per heavy atom. The van der Waals surface area contributed by atoms with Gasteiger partial charge in [-0.3, -0.25) is 0 Å². The largest absolute Gasteiger partial charge is 0.310 e. The Labute approximate surface area is 128 Å². The van der Waals surface area contributed by atoms with Crippen molar-refractivity contribution in [1.29, 1.82) is 0 Å². The van der Waals surface area contributed by atoms with Crippen molar-refractivity contribution in [1.82, 2.24) is 5.32 Å². The van der Waals surface area contributed by atoms with Crippen LogP contribution in [0.1, 0.15) is 37.6 Å². The van der Waals surface area contributed by atoms with Crippen LogP contribution in [0.2, 0.25) is 0 Å². The third kappa shape index (κ3) is 3.68. The van der Waals surface area contributed by atoms with Crippen LogP contribution in [0.5, 0.6) is 0 Å². The van der Waals surface area contributed by atoms with Gasteiger partial charge in [0.15, 0.2) is 0 Å². The standard InChI is InChI=1S/C16H20BrNS/c1-3-7-14(18-4-2)16-11-10-15(19-16)12-8-5-6-9-13(12)17/h5-6,8-11,14,18H,3-4,7H2,1-2H3. The lowest BCUT2D eigenvalue weighted by Gasteiger charge is -2.15. The monoisotopic (exact) mass is 337 g/mol. The maximum absolute atomic E-state index is 3.63. The number of halogens is 1. The van der Waals surface area contributed by atoms with Crippen LogP contribution in [0.15, 0.2) is 40.9 Å². The minimum atomic E-state index is 0.497. The van der Waals surface area contributed by atoms with Gasteiger partial charge in [-0.1, -0.05) is 54.4 Å². The van der Waals surface area contributed by atoms with Crippen LogP contribution < -0.4 is 5.32 Å². The van der Waals surface area contributed by atoms with E-state index in [1.807, 2.05) is 11.3 Å². The van der Waals surface area contributed by atoms with Crippen molar-refractivity contribution in [2.24, 2.45) is 0 Å². The summed E-state index contributed by atoms with van der Waals surface area (Å²) in [6.07, 6.45) is 2.41. The molecular weight excluding hydrogens is 318 g/mol. The van der Waals surface area contributed by atoms with E-state index in [0.717, 1.165) is 6.54 Å². The topological polar surface area (TPSA) is 12.0 Å². The molecule has 2 rings (SSSR count). The van der Waals surface area contributed by atoms with Crippen LogP contribution in [-0.2, 0) is 0 Å². The molecule has 1 nitrogen and oxygen atoms in total. The summed E-state index contributed by atoms with van der Waals surface area (Å²) in [6.45, 7) is 5.44. The molecule has 1 unspecified atom stereocenters. The average Bonchev–Trinajstić information content (AvgIpc) is 2.88. The van der Waals surface area contributed by atoms with Crippen LogP contribution in [-0.4, -0.2) is 6.54 Å². The molecule has 3 heteroatoms. The summed E-state index contributed by atoms with van der Waals surface area (Å²) in [5.41, 5.74) is 1.28. The first kappa shape index (κ1) is 14.8. The number of thiophene rings is 1. The molecule has 0 aliphatic heterocycles. The van der Waals surface area contributed by atoms with E-state index in [0.29, 0.717) is 6.04 Å². The van der Waals surface area contributed by atoms with Gasteiger partial charge in [-0.25, -0.2) is 0 Å². The van der Waals surface area contributed by atoms with E-state index in [9.17, 15) is 0 Å². The minimum absolute atomic E-state index is 0.497. The van der Waals surface area contributed by atoms with Gasteiger partial charge in [0.1, 0.15) is 0 Å². The highest BCUT2D eigenvalue weighted by Crippen LogP contribution is 2.36. The normalized spacial score (nSPS) is 12.6. The molecule has 2 aromatic rings. The molecule has 102 valence electrons. The lowest BCUT2D eigenvalue weighted by atomic mass is 10.1. The van der Waals surface area contributed by atoms with E-state index in [1.165, 1.54) is 32.6 Å². The Morgan fingerprint density at radius 1 is 1.16 bits per heavy atom. The smallest absolute Gasteiger partial charge is 0.0414 e. The van der Waals surface area contributed by atoms with Crippen LogP contribution in [0, 0.1) is 0 Å². The zero-order chi connectivity index (χ0) is 13.7. The van der Waals surface area contributed by atoms with Crippen LogP contribution >= 0.6 is 27.3 Å². The number of benzene rings is 1. The highest BCUT2D eigenvalue weighted by Gasteiger charge is 2.13. The summed E-state index contributed by atoms with van der Waals surface area (Å²) in [5.74, 6) is 0. The highest BCUT2D eigenvalue weighted by atomic mass is 79.9. The molecule has 0 radical (unpaired) electrons. The minimum Gasteiger partial charge on any atom is -0.310 e. The molecule has 0 amide bonds. The Morgan fingerprint density at radius 3 is 2.63 bits per heavy atom. The SMILES string of the molecule is CCCC(NCC)c1ccc(-c2ccccc2Br)s1. The molecule has 0 spiro atoms. The highest BCUT2D eigenvalue weighted by molar-refractivity contribution is 9.10. The first-order chi connectivity index (χ1) is 9.26. The van der Waals surface area contributed by atoms with Gasteiger partial charge >= 0.3 is 0 Å². The van der Waals surface area contributed by atoms with Gasteiger partial charge < -0.3 is 5.32 Å². The fourth-order valence-electron chi connectivity index (χ4n) is 2.23. The van der Waals surface area contributed by atoms with Crippen molar-refractivity contribution in [2.45, 2.75) is 32.7 Å². The zero-order valence-corrected chi connectivity index (χ0v) is 13.9. The molecule has 1 N–H and O–H groups in total. The van der Waals surface area contributed by atoms with E-state index in [1.54, 1.807) is 0 Å². The predicted octanol–water partition coefficient (Wildman–Crippen LogP) is 5.63. The van der Waals surface area contributed by atoms with E-state index in [4.69, 9.17) is 0 Å². The summed E-state index contributed by atoms with van der Waals surface area (Å²) in [5, 5.41) is 3.58. The molecule has 1 aromatic carbocycles. The van der Waals surface area contributed by atoms with Crippen molar-refractivity contribution in [3.63, 3.8) is 0 Å². The average molecular weight is 338 g/mol. The third-order valence-corrected chi connectivity index (χ3v) is 5.06. The van der Waals surface area contributed by atoms with E-state index < -0.39 is 0 Å². The van der Waals surface area contributed by atoms with E-state index in [2.05, 4.69) is 71.5 Å². The summed E-state index contributed by atoms with van der Waals surface area (Å²) < 4.78 is 1.17. The lowest BCUT2D eigenvalue weighted by Crippen LogP contribution is -2.19. The summed E-state index contributed by atoms with van der Waals surface area (Å²) in [6, 6.07) is 13.4. The third-order valence-electron chi connectivity index (χ3n) is 3.14. The fraction of sp³-hybridized carbons (Fsp3) is 0.375. The van der Waals surface area contributed by atoms with Crippen molar-refractivity contribution in [3.8, 4) is 10.4 Å². The van der Waals surface area contributed by atoms with Crippen molar-refractivity contribution in [2.75, 3.05) is 6.54 Å². The Kier molecular flexibility index (Phi) is 5.61. The second-order valence-electron chi connectivity index (χ2n) is 4.58. The second-order valence-corrected chi connectivity index (χ2v) is 6.55. The summed E-state index contributed by atoms with van der Waals surface area (Å²) in [4.78, 5) is 2.77. The summed E-state index contributed by atoms with van der Waals surface area (Å²) in [7, 11) is 0. The predicted molar refractivity (Wildman–Crippen MR) is 88.8 cm³/mol. The van der Waals surface area contributed by atoms with Crippen molar-refractivity contribution in [3.05, 3.63) is 45.7 Å². The number of nitrogens with one attached hydrogen (secondary N) is 1. The van der Waals surface area contributed by atoms with Crippen LogP contribution in [0.25, 0.3) is 10.4 Å². The van der Waals surface area contributed by atoms with Crippen molar-refractivity contribution >= 4 is 27.3 Å². The molecule has 1 heterocycles. The number of rotatable bonds is 6. The molecule has 0 saturated carbocycles. The van der Waals surface area contributed by atoms with E-state index >= 15 is 0 Å². The Hall–Kier alpha value is -0.640. The quantitative estimate of drug-likeness (QED) is 0.720. The molecule has 19 heavy (non-hydrogen) atoms. The molecule has 0 fully saturated rings. The first-order valence-corrected chi connectivity index (χ1v) is 8.45. The lowest BCUT2D eigenvalue weighted by molar-refractivity contribution is 0.516. The maximum Gasteiger partial charge on any atom is 0.0414 e. The van der Waals surface area contributed by atoms with Gasteiger partial charge in [0.25, 0.3) is 0 Å². The second kappa shape index (κ2) is 7.22. The molecule has 0 aliphatic rings. The Bertz CT molecular complexity index is 515. The Balaban J connectivity index is 2.25. The van der Waals surface area contributed by atoms with Gasteiger partial charge in [-0.2, -0.15) is 0 Å². The molecule has 0 saturated heterocycles. The zero-order valence-electron chi connectivity index (χ0n) is 11.4. The molecular formula is C16H20BrNS. The number of hydrogen-bond donors (Lipinski definition) is 1. The van der Waals surface area contributed by atoms with Gasteiger partial charge in [-0.05, 0) is 31.2 Å². The van der Waals surface area contributed by atoms with Gasteiger partial charge in [0.2, 0.25) is 0 Å². The molecule has 0 bridgehead atoms. The van der Waals surface area contributed by atoms with Crippen LogP contribution in [0.4, 0.5) is 0 Å². The first-order valence-electron chi connectivity index (χ1n) is 6.84. The summed E-state index contributed by atoms with van der Waals surface area (Å²) >= 11 is 5.53. The fourth-order valence-corrected chi connectivity index (χ4v) is 4.01. The molecule has 1 atom stereocenters. The van der Waals surface area contributed by atoms with Gasteiger partial charge in [-0.15, -0.1) is 11.3 Å². The van der Waals surface area contributed by atoms with Crippen LogP contribution in [0.3, 0.4) is 0 Å². The molecule has 0 aliphatic carbocycles. The van der Waals surface area contributed by atoms with Gasteiger partial charge in [0, 0.05) is 25.8 Å². The van der Waals surface area contributed by atoms with E-state index in [-0.39, 0.29) is 0 Å². The molecule has 1 aromatic heterocycles. The van der Waals surface area contributed by atoms with Crippen molar-refractivity contribution < 1.29 is 0 Å². The number of hydrogen-bond acceptors (Lipinski definition) is 2. The maximum atomic E-state index is 3.63.